The van der Waals surface area contributed by atoms with Gasteiger partial charge in [-0.1, -0.05) is 30.3 Å². The van der Waals surface area contributed by atoms with E-state index in [0.717, 1.165) is 19.6 Å². The maximum absolute atomic E-state index is 11.2. The minimum absolute atomic E-state index is 0.0842. The molecule has 1 aliphatic rings. The van der Waals surface area contributed by atoms with Gasteiger partial charge >= 0.3 is 5.69 Å². The predicted octanol–water partition coefficient (Wildman–Crippen LogP) is -0.128. The normalized spacial score (nSPS) is 15.6. The van der Waals surface area contributed by atoms with E-state index in [9.17, 15) is 10.1 Å². The molecule has 2 heterocycles. The number of benzene rings is 1. The Hall–Kier alpha value is -2.74. The molecule has 3 rings (SSSR count). The Morgan fingerprint density at radius 2 is 1.91 bits per heavy atom. The molecule has 3 N–H and O–H groups in total. The van der Waals surface area contributed by atoms with Gasteiger partial charge in [0.25, 0.3) is 0 Å². The van der Waals surface area contributed by atoms with E-state index in [4.69, 9.17) is 5.73 Å². The van der Waals surface area contributed by atoms with Crippen molar-refractivity contribution in [3.8, 4) is 0 Å². The molecule has 0 radical (unpaired) electrons. The highest BCUT2D eigenvalue weighted by Crippen LogP contribution is 2.29. The molecule has 1 aromatic carbocycles. The van der Waals surface area contributed by atoms with Crippen molar-refractivity contribution < 1.29 is 9.82 Å². The van der Waals surface area contributed by atoms with Crippen LogP contribution in [0.5, 0.6) is 0 Å². The highest BCUT2D eigenvalue weighted by molar-refractivity contribution is 5.68. The molecular formula is C15H19N6O2+. The molecule has 120 valence electrons. The maximum Gasteiger partial charge on any atom is 0.353 e. The van der Waals surface area contributed by atoms with Crippen LogP contribution in [0, 0.1) is 10.1 Å². The van der Waals surface area contributed by atoms with Crippen LogP contribution in [0.3, 0.4) is 0 Å². The molecule has 1 aliphatic heterocycles. The molecule has 0 amide bonds. The van der Waals surface area contributed by atoms with Crippen molar-refractivity contribution in [2.24, 2.45) is 0 Å². The van der Waals surface area contributed by atoms with Crippen LogP contribution in [0.1, 0.15) is 5.56 Å². The molecule has 0 spiro atoms. The molecule has 0 unspecified atom stereocenters. The van der Waals surface area contributed by atoms with E-state index in [-0.39, 0.29) is 11.5 Å². The second-order valence-electron chi connectivity index (χ2n) is 5.59. The van der Waals surface area contributed by atoms with Crippen LogP contribution in [0.15, 0.2) is 36.7 Å². The van der Waals surface area contributed by atoms with E-state index >= 15 is 0 Å². The fourth-order valence-electron chi connectivity index (χ4n) is 2.89. The summed E-state index contributed by atoms with van der Waals surface area (Å²) in [6.45, 7) is 4.17. The summed E-state index contributed by atoms with van der Waals surface area (Å²) in [7, 11) is 0. The SMILES string of the molecule is Nc1ncnc(N2CC[NH+](Cc3ccccc3)CC2)c1[N+](=O)[O-]. The standard InChI is InChI=1S/C15H18N6O2/c16-14-13(21(22)23)15(18-11-17-14)20-8-6-19(7-9-20)10-12-4-2-1-3-5-12/h1-5,11H,6-10H2,(H2,16,17,18)/p+1. The van der Waals surface area contributed by atoms with E-state index in [1.165, 1.54) is 16.8 Å². The van der Waals surface area contributed by atoms with Crippen LogP contribution in [0.2, 0.25) is 0 Å². The Labute approximate surface area is 133 Å². The number of nitrogens with zero attached hydrogens (tertiary/aromatic N) is 4. The summed E-state index contributed by atoms with van der Waals surface area (Å²) < 4.78 is 0. The van der Waals surface area contributed by atoms with Gasteiger partial charge < -0.3 is 15.5 Å². The van der Waals surface area contributed by atoms with Gasteiger partial charge in [-0.3, -0.25) is 10.1 Å². The van der Waals surface area contributed by atoms with Gasteiger partial charge in [0.2, 0.25) is 11.6 Å². The zero-order chi connectivity index (χ0) is 16.2. The monoisotopic (exact) mass is 315 g/mol. The summed E-state index contributed by atoms with van der Waals surface area (Å²) in [5, 5.41) is 11.2. The first-order valence-electron chi connectivity index (χ1n) is 7.52. The first-order chi connectivity index (χ1) is 11.1. The number of anilines is 2. The molecule has 1 aromatic heterocycles. The van der Waals surface area contributed by atoms with Gasteiger partial charge in [0.15, 0.2) is 0 Å². The van der Waals surface area contributed by atoms with Gasteiger partial charge in [-0.2, -0.15) is 0 Å². The van der Waals surface area contributed by atoms with Crippen LogP contribution in [0.4, 0.5) is 17.3 Å². The molecule has 0 atom stereocenters. The number of aromatic nitrogens is 2. The van der Waals surface area contributed by atoms with Crippen LogP contribution in [-0.4, -0.2) is 41.1 Å². The van der Waals surface area contributed by atoms with Gasteiger partial charge in [0.05, 0.1) is 31.1 Å². The minimum atomic E-state index is -0.506. The van der Waals surface area contributed by atoms with Gasteiger partial charge in [-0.25, -0.2) is 9.97 Å². The smallest absolute Gasteiger partial charge is 0.353 e. The van der Waals surface area contributed by atoms with E-state index in [1.807, 2.05) is 23.1 Å². The Kier molecular flexibility index (Phi) is 4.33. The summed E-state index contributed by atoms with van der Waals surface area (Å²) in [6, 6.07) is 10.3. The average molecular weight is 315 g/mol. The number of piperazine rings is 1. The molecule has 23 heavy (non-hydrogen) atoms. The van der Waals surface area contributed by atoms with Crippen molar-refractivity contribution in [1.82, 2.24) is 9.97 Å². The quantitative estimate of drug-likeness (QED) is 0.602. The molecule has 8 heteroatoms. The van der Waals surface area contributed by atoms with Crippen LogP contribution in [-0.2, 0) is 6.54 Å². The lowest BCUT2D eigenvalue weighted by atomic mass is 10.2. The highest BCUT2D eigenvalue weighted by Gasteiger charge is 2.29. The molecule has 0 saturated carbocycles. The Balaban J connectivity index is 1.68. The van der Waals surface area contributed by atoms with Crippen LogP contribution >= 0.6 is 0 Å². The number of rotatable bonds is 4. The van der Waals surface area contributed by atoms with E-state index < -0.39 is 4.92 Å². The minimum Gasteiger partial charge on any atom is -0.378 e. The average Bonchev–Trinajstić information content (AvgIpc) is 2.56. The first-order valence-corrected chi connectivity index (χ1v) is 7.52. The van der Waals surface area contributed by atoms with Crippen molar-refractivity contribution in [2.45, 2.75) is 6.54 Å². The molecule has 8 nitrogen and oxygen atoms in total. The molecule has 2 aromatic rings. The Bertz CT molecular complexity index is 686. The molecule has 0 bridgehead atoms. The Morgan fingerprint density at radius 3 is 2.57 bits per heavy atom. The lowest BCUT2D eigenvalue weighted by Gasteiger charge is -2.32. The Morgan fingerprint density at radius 1 is 1.22 bits per heavy atom. The highest BCUT2D eigenvalue weighted by atomic mass is 16.6. The summed E-state index contributed by atoms with van der Waals surface area (Å²) in [5.74, 6) is 0.236. The second-order valence-corrected chi connectivity index (χ2v) is 5.59. The topological polar surface area (TPSA) is 103 Å². The zero-order valence-corrected chi connectivity index (χ0v) is 12.7. The molecular weight excluding hydrogens is 296 g/mol. The van der Waals surface area contributed by atoms with Crippen LogP contribution in [0.25, 0.3) is 0 Å². The third-order valence-corrected chi connectivity index (χ3v) is 4.08. The largest absolute Gasteiger partial charge is 0.378 e. The first kappa shape index (κ1) is 15.2. The molecule has 1 saturated heterocycles. The number of nitrogens with one attached hydrogen (secondary N) is 1. The maximum atomic E-state index is 11.2. The summed E-state index contributed by atoms with van der Waals surface area (Å²) in [6.07, 6.45) is 1.28. The van der Waals surface area contributed by atoms with Gasteiger partial charge in [0, 0.05) is 5.56 Å². The third kappa shape index (κ3) is 3.37. The van der Waals surface area contributed by atoms with E-state index in [2.05, 4.69) is 22.1 Å². The molecule has 1 fully saturated rings. The number of nitrogen functional groups attached to an aromatic ring is 1. The lowest BCUT2D eigenvalue weighted by molar-refractivity contribution is -0.914. The van der Waals surface area contributed by atoms with E-state index in [1.54, 1.807) is 0 Å². The fourth-order valence-corrected chi connectivity index (χ4v) is 2.89. The van der Waals surface area contributed by atoms with Crippen molar-refractivity contribution in [2.75, 3.05) is 36.8 Å². The van der Waals surface area contributed by atoms with Crippen molar-refractivity contribution >= 4 is 17.3 Å². The van der Waals surface area contributed by atoms with Crippen molar-refractivity contribution in [3.63, 3.8) is 0 Å². The summed E-state index contributed by atoms with van der Waals surface area (Å²) in [4.78, 5) is 21.9. The summed E-state index contributed by atoms with van der Waals surface area (Å²) >= 11 is 0. The van der Waals surface area contributed by atoms with Gasteiger partial charge in [-0.15, -0.1) is 0 Å². The number of hydrogen-bond donors (Lipinski definition) is 2. The summed E-state index contributed by atoms with van der Waals surface area (Å²) in [5.41, 5.74) is 6.74. The third-order valence-electron chi connectivity index (χ3n) is 4.08. The number of nitro groups is 1. The molecule has 0 aliphatic carbocycles. The number of nitrogens with two attached hydrogens (primary N) is 1. The number of hydrogen-bond acceptors (Lipinski definition) is 6. The van der Waals surface area contributed by atoms with Crippen molar-refractivity contribution in [3.05, 3.63) is 52.3 Å². The fraction of sp³-hybridized carbons (Fsp3) is 0.333. The lowest BCUT2D eigenvalue weighted by Crippen LogP contribution is -3.13. The predicted molar refractivity (Wildman–Crippen MR) is 86.2 cm³/mol. The van der Waals surface area contributed by atoms with Crippen molar-refractivity contribution in [1.29, 1.82) is 0 Å². The van der Waals surface area contributed by atoms with Gasteiger partial charge in [-0.05, 0) is 0 Å². The van der Waals surface area contributed by atoms with Gasteiger partial charge in [0.1, 0.15) is 12.9 Å². The van der Waals surface area contributed by atoms with E-state index in [0.29, 0.717) is 18.9 Å². The van der Waals surface area contributed by atoms with Crippen LogP contribution < -0.4 is 15.5 Å². The second kappa shape index (κ2) is 6.57. The zero-order valence-electron chi connectivity index (χ0n) is 12.7. The number of quaternary nitrogens is 1.